The largest absolute Gasteiger partial charge is 0.289 e. The SMILES string of the molecule is CCCCP(=O)(Cl)NCCCl. The molecule has 0 aliphatic rings. The van der Waals surface area contributed by atoms with Gasteiger partial charge in [-0.25, -0.2) is 0 Å². The van der Waals surface area contributed by atoms with E-state index >= 15 is 0 Å². The topological polar surface area (TPSA) is 29.1 Å². The second-order valence-electron chi connectivity index (χ2n) is 2.33. The van der Waals surface area contributed by atoms with Crippen molar-refractivity contribution in [3.8, 4) is 0 Å². The van der Waals surface area contributed by atoms with Gasteiger partial charge in [-0.1, -0.05) is 13.3 Å². The number of unbranched alkanes of at least 4 members (excludes halogenated alkanes) is 1. The quantitative estimate of drug-likeness (QED) is 0.548. The molecule has 0 fully saturated rings. The fourth-order valence-corrected chi connectivity index (χ4v) is 2.81. The van der Waals surface area contributed by atoms with Gasteiger partial charge in [0.05, 0.1) is 0 Å². The minimum Gasteiger partial charge on any atom is -0.289 e. The molecule has 0 amide bonds. The van der Waals surface area contributed by atoms with Gasteiger partial charge in [0.2, 0.25) is 6.65 Å². The van der Waals surface area contributed by atoms with Gasteiger partial charge < -0.3 is 0 Å². The summed E-state index contributed by atoms with van der Waals surface area (Å²) < 4.78 is 11.3. The van der Waals surface area contributed by atoms with Gasteiger partial charge >= 0.3 is 0 Å². The highest BCUT2D eigenvalue weighted by Crippen LogP contribution is 2.47. The van der Waals surface area contributed by atoms with Crippen LogP contribution in [0.5, 0.6) is 0 Å². The van der Waals surface area contributed by atoms with E-state index in [2.05, 4.69) is 5.09 Å². The van der Waals surface area contributed by atoms with Crippen molar-refractivity contribution < 1.29 is 4.57 Å². The van der Waals surface area contributed by atoms with Crippen molar-refractivity contribution in [3.63, 3.8) is 0 Å². The highest BCUT2D eigenvalue weighted by atomic mass is 35.7. The van der Waals surface area contributed by atoms with Crippen molar-refractivity contribution in [2.75, 3.05) is 18.6 Å². The van der Waals surface area contributed by atoms with Crippen molar-refractivity contribution in [2.45, 2.75) is 19.8 Å². The maximum absolute atomic E-state index is 11.3. The van der Waals surface area contributed by atoms with Gasteiger partial charge in [-0.15, -0.1) is 11.6 Å². The van der Waals surface area contributed by atoms with Crippen LogP contribution >= 0.6 is 29.5 Å². The minimum atomic E-state index is -2.59. The van der Waals surface area contributed by atoms with Crippen LogP contribution in [0.1, 0.15) is 19.8 Å². The van der Waals surface area contributed by atoms with Gasteiger partial charge in [-0.05, 0) is 17.7 Å². The molecule has 0 aromatic rings. The lowest BCUT2D eigenvalue weighted by Crippen LogP contribution is -2.11. The minimum absolute atomic E-state index is 0.447. The molecule has 0 aliphatic carbocycles. The molecule has 0 bridgehead atoms. The zero-order chi connectivity index (χ0) is 8.74. The molecule has 1 unspecified atom stereocenters. The Morgan fingerprint density at radius 2 is 2.18 bits per heavy atom. The van der Waals surface area contributed by atoms with Crippen LogP contribution in [0.25, 0.3) is 0 Å². The van der Waals surface area contributed by atoms with Crippen molar-refractivity contribution >= 4 is 29.5 Å². The second-order valence-corrected chi connectivity index (χ2v) is 6.41. The molecule has 11 heavy (non-hydrogen) atoms. The van der Waals surface area contributed by atoms with Gasteiger partial charge in [0.1, 0.15) is 0 Å². The average molecular weight is 218 g/mol. The van der Waals surface area contributed by atoms with Gasteiger partial charge in [0.15, 0.2) is 0 Å². The van der Waals surface area contributed by atoms with Crippen LogP contribution in [0.4, 0.5) is 0 Å². The molecular weight excluding hydrogens is 204 g/mol. The summed E-state index contributed by atoms with van der Waals surface area (Å²) in [4.78, 5) is 0. The fourth-order valence-electron chi connectivity index (χ4n) is 0.650. The summed E-state index contributed by atoms with van der Waals surface area (Å²) in [6, 6.07) is 0. The number of hydrogen-bond acceptors (Lipinski definition) is 1. The Morgan fingerprint density at radius 1 is 1.55 bits per heavy atom. The first-order valence-corrected chi connectivity index (χ1v) is 7.05. The molecule has 0 aliphatic heterocycles. The second kappa shape index (κ2) is 6.30. The molecule has 0 saturated heterocycles. The van der Waals surface area contributed by atoms with E-state index in [9.17, 15) is 4.57 Å². The van der Waals surface area contributed by atoms with Gasteiger partial charge in [-0.3, -0.25) is 9.65 Å². The third-order valence-electron chi connectivity index (χ3n) is 1.24. The highest BCUT2D eigenvalue weighted by molar-refractivity contribution is 7.87. The van der Waals surface area contributed by atoms with E-state index in [4.69, 9.17) is 22.8 Å². The van der Waals surface area contributed by atoms with Crippen LogP contribution in [0.2, 0.25) is 0 Å². The molecule has 0 radical (unpaired) electrons. The Morgan fingerprint density at radius 3 is 2.64 bits per heavy atom. The predicted octanol–water partition coefficient (Wildman–Crippen LogP) is 3.05. The molecule has 68 valence electrons. The number of halogens is 2. The Kier molecular flexibility index (Phi) is 6.75. The first-order chi connectivity index (χ1) is 5.12. The zero-order valence-corrected chi connectivity index (χ0v) is 9.05. The lowest BCUT2D eigenvalue weighted by atomic mass is 10.4. The molecule has 1 atom stereocenters. The third-order valence-corrected chi connectivity index (χ3v) is 3.88. The molecule has 0 aromatic carbocycles. The Balaban J connectivity index is 3.53. The van der Waals surface area contributed by atoms with Crippen LogP contribution in [-0.2, 0) is 4.57 Å². The van der Waals surface area contributed by atoms with E-state index in [0.29, 0.717) is 18.6 Å². The van der Waals surface area contributed by atoms with E-state index in [0.717, 1.165) is 12.8 Å². The lowest BCUT2D eigenvalue weighted by molar-refractivity contribution is 0.574. The molecule has 0 aromatic heterocycles. The molecule has 2 nitrogen and oxygen atoms in total. The summed E-state index contributed by atoms with van der Waals surface area (Å²) in [7, 11) is 0. The Hall–Kier alpha value is 0.770. The average Bonchev–Trinajstić information content (AvgIpc) is 1.97. The Labute approximate surface area is 77.9 Å². The van der Waals surface area contributed by atoms with Crippen molar-refractivity contribution in [3.05, 3.63) is 0 Å². The number of rotatable bonds is 6. The maximum Gasteiger partial charge on any atom is 0.232 e. The van der Waals surface area contributed by atoms with Crippen molar-refractivity contribution in [1.82, 2.24) is 5.09 Å². The maximum atomic E-state index is 11.3. The molecule has 0 saturated carbocycles. The van der Waals surface area contributed by atoms with E-state index in [1.54, 1.807) is 0 Å². The monoisotopic (exact) mass is 217 g/mol. The predicted molar refractivity (Wildman–Crippen MR) is 52.0 cm³/mol. The molecule has 0 spiro atoms. The first kappa shape index (κ1) is 11.8. The summed E-state index contributed by atoms with van der Waals surface area (Å²) >= 11 is 11.1. The number of hydrogen-bond donors (Lipinski definition) is 1. The smallest absolute Gasteiger partial charge is 0.232 e. The molecule has 0 rings (SSSR count). The van der Waals surface area contributed by atoms with Crippen molar-refractivity contribution in [2.24, 2.45) is 0 Å². The summed E-state index contributed by atoms with van der Waals surface area (Å²) in [5, 5.41) is 2.73. The van der Waals surface area contributed by atoms with E-state index in [1.807, 2.05) is 6.92 Å². The number of alkyl halides is 1. The van der Waals surface area contributed by atoms with Gasteiger partial charge in [0, 0.05) is 18.6 Å². The third kappa shape index (κ3) is 7.14. The normalized spacial score (nSPS) is 16.3. The standard InChI is InChI=1S/C6H14Cl2NOP/c1-2-3-6-11(8,10)9-5-4-7/h2-6H2,1H3,(H,9,10). The van der Waals surface area contributed by atoms with E-state index < -0.39 is 6.65 Å². The molecule has 1 N–H and O–H groups in total. The van der Waals surface area contributed by atoms with Crippen molar-refractivity contribution in [1.29, 1.82) is 0 Å². The summed E-state index contributed by atoms with van der Waals surface area (Å²) in [6.07, 6.45) is 2.47. The molecule has 5 heteroatoms. The number of nitrogens with one attached hydrogen (secondary N) is 1. The lowest BCUT2D eigenvalue weighted by Gasteiger charge is -2.09. The fraction of sp³-hybridized carbons (Fsp3) is 1.00. The first-order valence-electron chi connectivity index (χ1n) is 3.72. The molecule has 0 heterocycles. The van der Waals surface area contributed by atoms with Crippen LogP contribution in [0, 0.1) is 0 Å². The zero-order valence-electron chi connectivity index (χ0n) is 6.65. The van der Waals surface area contributed by atoms with E-state index in [-0.39, 0.29) is 0 Å². The Bertz CT molecular complexity index is 131. The van der Waals surface area contributed by atoms with Crippen LogP contribution in [0.15, 0.2) is 0 Å². The van der Waals surface area contributed by atoms with Gasteiger partial charge in [0.25, 0.3) is 0 Å². The molecular formula is C6H14Cl2NOP. The highest BCUT2D eigenvalue weighted by Gasteiger charge is 2.15. The van der Waals surface area contributed by atoms with E-state index in [1.165, 1.54) is 0 Å². The summed E-state index contributed by atoms with van der Waals surface area (Å²) in [5.74, 6) is 0.447. The summed E-state index contributed by atoms with van der Waals surface area (Å²) in [6.45, 7) is -0.0278. The van der Waals surface area contributed by atoms with Crippen LogP contribution < -0.4 is 5.09 Å². The van der Waals surface area contributed by atoms with Crippen LogP contribution in [0.3, 0.4) is 0 Å². The van der Waals surface area contributed by atoms with Crippen LogP contribution in [-0.4, -0.2) is 18.6 Å². The summed E-state index contributed by atoms with van der Waals surface area (Å²) in [5.41, 5.74) is 0. The van der Waals surface area contributed by atoms with Gasteiger partial charge in [-0.2, -0.15) is 0 Å².